The van der Waals surface area contributed by atoms with Crippen molar-refractivity contribution < 1.29 is 0 Å². The molecular formula is C17H12Cl2N6. The Labute approximate surface area is 153 Å². The second-order valence-electron chi connectivity index (χ2n) is 5.36. The third-order valence-corrected chi connectivity index (χ3v) is 4.42. The van der Waals surface area contributed by atoms with Crippen LogP contribution in [0.1, 0.15) is 5.56 Å². The molecule has 4 rings (SSSR count). The van der Waals surface area contributed by atoms with Crippen molar-refractivity contribution in [3.05, 3.63) is 70.9 Å². The van der Waals surface area contributed by atoms with Crippen molar-refractivity contribution in [2.45, 2.75) is 6.54 Å². The van der Waals surface area contributed by atoms with Crippen molar-refractivity contribution in [1.82, 2.24) is 24.6 Å². The number of hydrogen-bond acceptors (Lipinski definition) is 5. The number of benzene rings is 1. The monoisotopic (exact) mass is 370 g/mol. The van der Waals surface area contributed by atoms with E-state index in [1.165, 1.54) is 6.33 Å². The summed E-state index contributed by atoms with van der Waals surface area (Å²) in [5.41, 5.74) is 3.44. The maximum absolute atomic E-state index is 6.05. The number of fused-ring (bicyclic) bond motifs is 1. The SMILES string of the molecule is Clc1ccc(CNc2ccc3ncc(-c4cncnc4)n3n2)cc1Cl. The molecule has 3 heterocycles. The van der Waals surface area contributed by atoms with Crippen LogP contribution in [-0.4, -0.2) is 24.6 Å². The van der Waals surface area contributed by atoms with Gasteiger partial charge in [-0.3, -0.25) is 0 Å². The van der Waals surface area contributed by atoms with Gasteiger partial charge < -0.3 is 5.32 Å². The molecule has 0 bridgehead atoms. The number of aromatic nitrogens is 5. The van der Waals surface area contributed by atoms with Gasteiger partial charge in [0, 0.05) is 24.5 Å². The first-order chi connectivity index (χ1) is 12.2. The molecule has 0 spiro atoms. The highest BCUT2D eigenvalue weighted by molar-refractivity contribution is 6.42. The predicted molar refractivity (Wildman–Crippen MR) is 97.8 cm³/mol. The number of anilines is 1. The van der Waals surface area contributed by atoms with Crippen LogP contribution in [0.25, 0.3) is 16.9 Å². The topological polar surface area (TPSA) is 68.0 Å². The normalized spacial score (nSPS) is 11.0. The first-order valence-corrected chi connectivity index (χ1v) is 8.24. The number of imidazole rings is 1. The van der Waals surface area contributed by atoms with E-state index < -0.39 is 0 Å². The zero-order valence-corrected chi connectivity index (χ0v) is 14.4. The second kappa shape index (κ2) is 6.66. The minimum absolute atomic E-state index is 0.533. The highest BCUT2D eigenvalue weighted by Crippen LogP contribution is 2.23. The van der Waals surface area contributed by atoms with Gasteiger partial charge in [0.05, 0.1) is 21.9 Å². The Hall–Kier alpha value is -2.70. The molecule has 3 aromatic heterocycles. The number of halogens is 2. The molecule has 0 saturated heterocycles. The van der Waals surface area contributed by atoms with Crippen molar-refractivity contribution in [3.8, 4) is 11.3 Å². The van der Waals surface area contributed by atoms with E-state index in [2.05, 4.69) is 25.4 Å². The second-order valence-corrected chi connectivity index (χ2v) is 6.18. The maximum atomic E-state index is 6.05. The minimum atomic E-state index is 0.533. The van der Waals surface area contributed by atoms with Crippen LogP contribution in [0.2, 0.25) is 10.0 Å². The molecule has 0 fully saturated rings. The van der Waals surface area contributed by atoms with Crippen molar-refractivity contribution in [1.29, 1.82) is 0 Å². The molecule has 0 unspecified atom stereocenters. The predicted octanol–water partition coefficient (Wildman–Crippen LogP) is 4.11. The molecular weight excluding hydrogens is 359 g/mol. The fourth-order valence-corrected chi connectivity index (χ4v) is 2.76. The highest BCUT2D eigenvalue weighted by atomic mass is 35.5. The van der Waals surface area contributed by atoms with E-state index in [4.69, 9.17) is 23.2 Å². The third-order valence-electron chi connectivity index (χ3n) is 3.68. The fourth-order valence-electron chi connectivity index (χ4n) is 2.44. The molecule has 8 heteroatoms. The van der Waals surface area contributed by atoms with E-state index in [0.717, 1.165) is 28.3 Å². The lowest BCUT2D eigenvalue weighted by atomic mass is 10.2. The summed E-state index contributed by atoms with van der Waals surface area (Å²) >= 11 is 12.0. The van der Waals surface area contributed by atoms with E-state index in [1.807, 2.05) is 24.3 Å². The number of nitrogens with zero attached hydrogens (tertiary/aromatic N) is 5. The average Bonchev–Trinajstić information content (AvgIpc) is 3.06. The van der Waals surface area contributed by atoms with Gasteiger partial charge in [-0.05, 0) is 29.8 Å². The molecule has 6 nitrogen and oxygen atoms in total. The van der Waals surface area contributed by atoms with Crippen LogP contribution in [0, 0.1) is 0 Å². The van der Waals surface area contributed by atoms with Crippen LogP contribution in [-0.2, 0) is 6.54 Å². The summed E-state index contributed by atoms with van der Waals surface area (Å²) in [6.45, 7) is 0.577. The molecule has 0 aliphatic rings. The molecule has 25 heavy (non-hydrogen) atoms. The van der Waals surface area contributed by atoms with E-state index in [1.54, 1.807) is 29.2 Å². The zero-order chi connectivity index (χ0) is 17.2. The van der Waals surface area contributed by atoms with Crippen LogP contribution in [0.3, 0.4) is 0 Å². The third kappa shape index (κ3) is 3.26. The summed E-state index contributed by atoms with van der Waals surface area (Å²) in [5.74, 6) is 0.717. The molecule has 124 valence electrons. The zero-order valence-electron chi connectivity index (χ0n) is 12.9. The van der Waals surface area contributed by atoms with Gasteiger partial charge in [-0.15, -0.1) is 5.10 Å². The molecule has 1 aromatic carbocycles. The van der Waals surface area contributed by atoms with Crippen molar-refractivity contribution >= 4 is 34.7 Å². The average molecular weight is 371 g/mol. The maximum Gasteiger partial charge on any atom is 0.154 e. The van der Waals surface area contributed by atoms with Crippen LogP contribution < -0.4 is 5.32 Å². The first-order valence-electron chi connectivity index (χ1n) is 7.49. The summed E-state index contributed by atoms with van der Waals surface area (Å²) in [6, 6.07) is 9.31. The summed E-state index contributed by atoms with van der Waals surface area (Å²) < 4.78 is 1.76. The summed E-state index contributed by atoms with van der Waals surface area (Å²) in [6.07, 6.45) is 6.70. The van der Waals surface area contributed by atoms with E-state index >= 15 is 0 Å². The van der Waals surface area contributed by atoms with Crippen molar-refractivity contribution in [2.24, 2.45) is 0 Å². The molecule has 0 atom stereocenters. The lowest BCUT2D eigenvalue weighted by molar-refractivity contribution is 0.929. The van der Waals surface area contributed by atoms with Gasteiger partial charge in [-0.1, -0.05) is 29.3 Å². The minimum Gasteiger partial charge on any atom is -0.365 e. The Morgan fingerprint density at radius 2 is 1.80 bits per heavy atom. The van der Waals surface area contributed by atoms with Crippen LogP contribution in [0.4, 0.5) is 5.82 Å². The van der Waals surface area contributed by atoms with Crippen LogP contribution in [0.15, 0.2) is 55.2 Å². The smallest absolute Gasteiger partial charge is 0.154 e. The molecule has 0 amide bonds. The molecule has 0 aliphatic carbocycles. The Balaban J connectivity index is 1.61. The Kier molecular flexibility index (Phi) is 4.21. The standard InChI is InChI=1S/C17H12Cl2N6/c18-13-2-1-11(5-14(13)19)6-22-16-3-4-17-23-9-15(25(17)24-16)12-7-20-10-21-8-12/h1-5,7-10H,6H2,(H,22,24). The highest BCUT2D eigenvalue weighted by Gasteiger charge is 2.08. The largest absolute Gasteiger partial charge is 0.365 e. The van der Waals surface area contributed by atoms with Gasteiger partial charge >= 0.3 is 0 Å². The van der Waals surface area contributed by atoms with E-state index in [-0.39, 0.29) is 0 Å². The van der Waals surface area contributed by atoms with Gasteiger partial charge in [0.15, 0.2) is 5.65 Å². The van der Waals surface area contributed by atoms with Gasteiger partial charge in [0.25, 0.3) is 0 Å². The Bertz CT molecular complexity index is 1030. The van der Waals surface area contributed by atoms with Gasteiger partial charge in [0.1, 0.15) is 12.1 Å². The van der Waals surface area contributed by atoms with Crippen molar-refractivity contribution in [3.63, 3.8) is 0 Å². The summed E-state index contributed by atoms with van der Waals surface area (Å²) in [7, 11) is 0. The molecule has 0 aliphatic heterocycles. The van der Waals surface area contributed by atoms with Crippen LogP contribution in [0.5, 0.6) is 0 Å². The number of rotatable bonds is 4. The first kappa shape index (κ1) is 15.8. The quantitative estimate of drug-likeness (QED) is 0.585. The Morgan fingerprint density at radius 3 is 2.60 bits per heavy atom. The Morgan fingerprint density at radius 1 is 0.960 bits per heavy atom. The summed E-state index contributed by atoms with van der Waals surface area (Å²) in [5, 5.41) is 8.94. The number of nitrogens with one attached hydrogen (secondary N) is 1. The summed E-state index contributed by atoms with van der Waals surface area (Å²) in [4.78, 5) is 12.4. The van der Waals surface area contributed by atoms with Gasteiger partial charge in [0.2, 0.25) is 0 Å². The lowest BCUT2D eigenvalue weighted by Gasteiger charge is -2.08. The van der Waals surface area contributed by atoms with Gasteiger partial charge in [-0.2, -0.15) is 0 Å². The molecule has 1 N–H and O–H groups in total. The van der Waals surface area contributed by atoms with Gasteiger partial charge in [-0.25, -0.2) is 19.5 Å². The fraction of sp³-hybridized carbons (Fsp3) is 0.0588. The van der Waals surface area contributed by atoms with Crippen LogP contribution >= 0.6 is 23.2 Å². The van der Waals surface area contributed by atoms with E-state index in [0.29, 0.717) is 16.6 Å². The van der Waals surface area contributed by atoms with E-state index in [9.17, 15) is 0 Å². The molecule has 0 saturated carbocycles. The molecule has 4 aromatic rings. The lowest BCUT2D eigenvalue weighted by Crippen LogP contribution is -2.04. The number of hydrogen-bond donors (Lipinski definition) is 1. The molecule has 0 radical (unpaired) electrons. The van der Waals surface area contributed by atoms with Crippen molar-refractivity contribution in [2.75, 3.05) is 5.32 Å².